The van der Waals surface area contributed by atoms with E-state index in [-0.39, 0.29) is 5.91 Å². The summed E-state index contributed by atoms with van der Waals surface area (Å²) in [6.07, 6.45) is 3.44. The highest BCUT2D eigenvalue weighted by molar-refractivity contribution is 5.95. The van der Waals surface area contributed by atoms with Crippen molar-refractivity contribution in [2.75, 3.05) is 19.8 Å². The van der Waals surface area contributed by atoms with Crippen LogP contribution < -0.4 is 5.73 Å². The van der Waals surface area contributed by atoms with Crippen molar-refractivity contribution >= 4 is 22.5 Å². The van der Waals surface area contributed by atoms with Gasteiger partial charge in [-0.05, 0) is 18.2 Å². The molecule has 2 heterocycles. The number of anilines is 1. The second-order valence-corrected chi connectivity index (χ2v) is 4.92. The fourth-order valence-corrected chi connectivity index (χ4v) is 2.19. The van der Waals surface area contributed by atoms with Gasteiger partial charge in [-0.15, -0.1) is 0 Å². The van der Waals surface area contributed by atoms with Gasteiger partial charge in [0.15, 0.2) is 5.69 Å². The van der Waals surface area contributed by atoms with Crippen LogP contribution in [-0.4, -0.2) is 39.7 Å². The number of nitrogens with zero attached hydrogens (tertiary/aromatic N) is 4. The molecule has 0 radical (unpaired) electrons. The highest BCUT2D eigenvalue weighted by Crippen LogP contribution is 2.24. The molecule has 0 aliphatic heterocycles. The van der Waals surface area contributed by atoms with E-state index in [2.05, 4.69) is 10.1 Å². The Morgan fingerprint density at radius 2 is 2.05 bits per heavy atom. The zero-order valence-corrected chi connectivity index (χ0v) is 11.8. The van der Waals surface area contributed by atoms with Crippen LogP contribution >= 0.6 is 0 Å². The number of carbonyl (C=O) groups excluding carboxylic acids is 1. The average Bonchev–Trinajstić information content (AvgIpc) is 2.96. The number of hydrogen-bond donors (Lipinski definition) is 1. The van der Waals surface area contributed by atoms with Gasteiger partial charge in [-0.25, -0.2) is 4.68 Å². The topological polar surface area (TPSA) is 77.0 Å². The molecular weight excluding hydrogens is 266 g/mol. The lowest BCUT2D eigenvalue weighted by molar-refractivity contribution is 0.0821. The smallest absolute Gasteiger partial charge is 0.273 e. The van der Waals surface area contributed by atoms with Crippen molar-refractivity contribution in [1.82, 2.24) is 19.7 Å². The summed E-state index contributed by atoms with van der Waals surface area (Å²) in [5, 5.41) is 5.23. The number of aromatic nitrogens is 3. The van der Waals surface area contributed by atoms with Crippen LogP contribution in [0.4, 0.5) is 5.69 Å². The highest BCUT2D eigenvalue weighted by Gasteiger charge is 2.13. The predicted octanol–water partition coefficient (Wildman–Crippen LogP) is 1.70. The van der Waals surface area contributed by atoms with Gasteiger partial charge >= 0.3 is 0 Å². The molecule has 2 N–H and O–H groups in total. The summed E-state index contributed by atoms with van der Waals surface area (Å²) in [6.45, 7) is 0. The largest absolute Gasteiger partial charge is 0.397 e. The molecule has 106 valence electrons. The maximum Gasteiger partial charge on any atom is 0.273 e. The van der Waals surface area contributed by atoms with Gasteiger partial charge < -0.3 is 10.6 Å². The Hall–Kier alpha value is -2.89. The van der Waals surface area contributed by atoms with Crippen LogP contribution in [0, 0.1) is 0 Å². The molecule has 1 amide bonds. The zero-order chi connectivity index (χ0) is 15.0. The Labute approximate surface area is 121 Å². The summed E-state index contributed by atoms with van der Waals surface area (Å²) in [7, 11) is 3.40. The van der Waals surface area contributed by atoms with Crippen LogP contribution in [0.3, 0.4) is 0 Å². The lowest BCUT2D eigenvalue weighted by atomic mass is 10.1. The van der Waals surface area contributed by atoms with Gasteiger partial charge in [0.1, 0.15) is 0 Å². The molecule has 0 bridgehead atoms. The summed E-state index contributed by atoms with van der Waals surface area (Å²) in [5.74, 6) is -0.133. The standard InChI is InChI=1S/C15H15N5O/c1-19(2)15(21)12-7-9-20(18-12)13-6-8-17-14-10(13)4-3-5-11(14)16/h3-9H,16H2,1-2H3. The Kier molecular flexibility index (Phi) is 3.06. The first-order valence-electron chi connectivity index (χ1n) is 6.49. The molecule has 0 saturated carbocycles. The van der Waals surface area contributed by atoms with Crippen molar-refractivity contribution in [3.05, 3.63) is 48.4 Å². The maximum atomic E-state index is 11.9. The SMILES string of the molecule is CN(C)C(=O)c1ccn(-c2ccnc3c(N)cccc23)n1. The summed E-state index contributed by atoms with van der Waals surface area (Å²) < 4.78 is 1.67. The lowest BCUT2D eigenvalue weighted by Crippen LogP contribution is -2.22. The van der Waals surface area contributed by atoms with E-state index in [0.717, 1.165) is 16.6 Å². The molecule has 0 aliphatic rings. The molecule has 3 rings (SSSR count). The van der Waals surface area contributed by atoms with E-state index in [9.17, 15) is 4.79 Å². The lowest BCUT2D eigenvalue weighted by Gasteiger charge is -2.08. The number of nitrogens with two attached hydrogens (primary N) is 1. The summed E-state index contributed by atoms with van der Waals surface area (Å²) in [5.41, 5.74) is 8.52. The van der Waals surface area contributed by atoms with Gasteiger partial charge in [0.05, 0.1) is 16.9 Å². The minimum absolute atomic E-state index is 0.133. The number of benzene rings is 1. The van der Waals surface area contributed by atoms with Crippen LogP contribution in [0.15, 0.2) is 42.7 Å². The second-order valence-electron chi connectivity index (χ2n) is 4.92. The minimum Gasteiger partial charge on any atom is -0.397 e. The summed E-state index contributed by atoms with van der Waals surface area (Å²) in [4.78, 5) is 17.7. The summed E-state index contributed by atoms with van der Waals surface area (Å²) >= 11 is 0. The van der Waals surface area contributed by atoms with E-state index in [1.54, 1.807) is 37.2 Å². The van der Waals surface area contributed by atoms with Gasteiger partial charge in [-0.3, -0.25) is 9.78 Å². The maximum absolute atomic E-state index is 11.9. The zero-order valence-electron chi connectivity index (χ0n) is 11.8. The molecule has 0 unspecified atom stereocenters. The normalized spacial score (nSPS) is 10.8. The van der Waals surface area contributed by atoms with Crippen molar-refractivity contribution in [2.45, 2.75) is 0 Å². The molecule has 6 nitrogen and oxygen atoms in total. The van der Waals surface area contributed by atoms with E-state index < -0.39 is 0 Å². The van der Waals surface area contributed by atoms with Crippen LogP contribution in [0.2, 0.25) is 0 Å². The monoisotopic (exact) mass is 281 g/mol. The molecule has 2 aromatic heterocycles. The molecule has 0 spiro atoms. The number of para-hydroxylation sites is 1. The first-order valence-corrected chi connectivity index (χ1v) is 6.49. The van der Waals surface area contributed by atoms with Crippen molar-refractivity contribution in [3.63, 3.8) is 0 Å². The van der Waals surface area contributed by atoms with Gasteiger partial charge in [0.25, 0.3) is 5.91 Å². The molecule has 0 saturated heterocycles. The van der Waals surface area contributed by atoms with Crippen molar-refractivity contribution < 1.29 is 4.79 Å². The van der Waals surface area contributed by atoms with E-state index >= 15 is 0 Å². The molecule has 0 atom stereocenters. The number of amides is 1. The van der Waals surface area contributed by atoms with E-state index in [4.69, 9.17) is 5.73 Å². The van der Waals surface area contributed by atoms with E-state index in [1.807, 2.05) is 24.3 Å². The van der Waals surface area contributed by atoms with Crippen molar-refractivity contribution in [2.24, 2.45) is 0 Å². The van der Waals surface area contributed by atoms with E-state index in [0.29, 0.717) is 11.4 Å². The Morgan fingerprint density at radius 1 is 1.24 bits per heavy atom. The van der Waals surface area contributed by atoms with Crippen LogP contribution in [0.5, 0.6) is 0 Å². The minimum atomic E-state index is -0.133. The quantitative estimate of drug-likeness (QED) is 0.725. The average molecular weight is 281 g/mol. The number of pyridine rings is 1. The van der Waals surface area contributed by atoms with Crippen LogP contribution in [-0.2, 0) is 0 Å². The fourth-order valence-electron chi connectivity index (χ4n) is 2.19. The number of fused-ring (bicyclic) bond motifs is 1. The molecule has 0 aliphatic carbocycles. The number of hydrogen-bond acceptors (Lipinski definition) is 4. The van der Waals surface area contributed by atoms with Gasteiger partial charge in [0.2, 0.25) is 0 Å². The summed E-state index contributed by atoms with van der Waals surface area (Å²) in [6, 6.07) is 9.16. The van der Waals surface area contributed by atoms with Crippen molar-refractivity contribution in [3.8, 4) is 5.69 Å². The number of carbonyl (C=O) groups is 1. The molecule has 6 heteroatoms. The molecule has 0 fully saturated rings. The second kappa shape index (κ2) is 4.90. The third-order valence-electron chi connectivity index (χ3n) is 3.24. The highest BCUT2D eigenvalue weighted by atomic mass is 16.2. The third kappa shape index (κ3) is 2.20. The Balaban J connectivity index is 2.14. The first-order chi connectivity index (χ1) is 10.1. The fraction of sp³-hybridized carbons (Fsp3) is 0.133. The molecule has 1 aromatic carbocycles. The number of rotatable bonds is 2. The van der Waals surface area contributed by atoms with Crippen molar-refractivity contribution in [1.29, 1.82) is 0 Å². The van der Waals surface area contributed by atoms with E-state index in [1.165, 1.54) is 4.90 Å². The number of nitrogen functional groups attached to an aromatic ring is 1. The van der Waals surface area contributed by atoms with Gasteiger partial charge in [0, 0.05) is 31.9 Å². The molecule has 21 heavy (non-hydrogen) atoms. The Bertz CT molecular complexity index is 822. The Morgan fingerprint density at radius 3 is 2.81 bits per heavy atom. The predicted molar refractivity (Wildman–Crippen MR) is 81.3 cm³/mol. The van der Waals surface area contributed by atoms with Crippen LogP contribution in [0.25, 0.3) is 16.6 Å². The van der Waals surface area contributed by atoms with Gasteiger partial charge in [-0.2, -0.15) is 5.10 Å². The van der Waals surface area contributed by atoms with Crippen LogP contribution in [0.1, 0.15) is 10.5 Å². The van der Waals surface area contributed by atoms with Gasteiger partial charge in [-0.1, -0.05) is 12.1 Å². The third-order valence-corrected chi connectivity index (χ3v) is 3.24. The molecular formula is C15H15N5O. The molecule has 3 aromatic rings. The first kappa shape index (κ1) is 13.1.